The lowest BCUT2D eigenvalue weighted by Gasteiger charge is -2.26. The fraction of sp³-hybridized carbons (Fsp3) is 0.400. The third-order valence-corrected chi connectivity index (χ3v) is 12.9. The number of hydrogen-bond donors (Lipinski definition) is 1. The second-order valence-corrected chi connectivity index (χ2v) is 18.9. The normalized spacial score (nSPS) is 18.7. The van der Waals surface area contributed by atoms with Gasteiger partial charge in [0, 0.05) is 23.7 Å². The van der Waals surface area contributed by atoms with Crippen LogP contribution < -0.4 is 14.6 Å². The molecule has 23 heteroatoms. The maximum atomic E-state index is 14.7. The van der Waals surface area contributed by atoms with E-state index in [2.05, 4.69) is 50.2 Å². The number of nitrogens with two attached hydrogens (primary N) is 1. The fourth-order valence-electron chi connectivity index (χ4n) is 8.25. The van der Waals surface area contributed by atoms with E-state index >= 15 is 0 Å². The maximum Gasteiger partial charge on any atom is 0.245 e. The number of ether oxygens (including phenoxy) is 2. The average Bonchev–Trinajstić information content (AvgIpc) is 4.17. The number of benzene rings is 2. The maximum absolute atomic E-state index is 14.7. The first-order chi connectivity index (χ1) is 32.7. The molecule has 0 aliphatic heterocycles. The summed E-state index contributed by atoms with van der Waals surface area (Å²) in [5.74, 6) is 3.06. The van der Waals surface area contributed by atoms with Gasteiger partial charge in [-0.1, -0.05) is 38.0 Å². The third kappa shape index (κ3) is 9.59. The monoisotopic (exact) mass is 948 g/mol. The quantitative estimate of drug-likeness (QED) is 0.130. The highest BCUT2D eigenvalue weighted by Gasteiger charge is 2.31. The zero-order valence-electron chi connectivity index (χ0n) is 37.4. The highest BCUT2D eigenvalue weighted by molar-refractivity contribution is 7.89. The standard InChI is InChI=1S/C23H22FN7O2.C22H24FN7O4S/c1-13(2)20-29-22(33-30-20)15-4-6-16(7-5-15)32-23-19-21(26-11-27-23)31(12-28-19)18-8-3-14(10-25)9-17(18)24;1-12(2)19-28-21(34-29-19)13-3-5-14(6-4-13)33-22-18-20(25-10-26-22)30(11-27-18)17-8-7-15(9-16(17)23)35(24,31)32/h3,8-9,11-13,15-16H,4-7H2,1-2H3;7-14H,3-6H2,1-2H3,(H2,24,31,32). The van der Waals surface area contributed by atoms with Crippen molar-refractivity contribution in [3.05, 3.63) is 102 Å². The van der Waals surface area contributed by atoms with Gasteiger partial charge in [-0.15, -0.1) is 0 Å². The molecular weight excluding hydrogens is 903 g/mol. The molecule has 0 unspecified atom stereocenters. The molecule has 10 rings (SSSR count). The Kier molecular flexibility index (Phi) is 12.9. The molecule has 2 aromatic carbocycles. The smallest absolute Gasteiger partial charge is 0.245 e. The zero-order valence-corrected chi connectivity index (χ0v) is 38.2. The number of fused-ring (bicyclic) bond motifs is 2. The van der Waals surface area contributed by atoms with Crippen molar-refractivity contribution < 1.29 is 35.7 Å². The van der Waals surface area contributed by atoms with Gasteiger partial charge < -0.3 is 18.5 Å². The summed E-state index contributed by atoms with van der Waals surface area (Å²) in [6.07, 6.45) is 12.1. The third-order valence-electron chi connectivity index (χ3n) is 12.0. The minimum atomic E-state index is -4.02. The summed E-state index contributed by atoms with van der Waals surface area (Å²) in [4.78, 5) is 34.4. The average molecular weight is 949 g/mol. The number of rotatable bonds is 11. The SMILES string of the molecule is CC(C)c1noc(C2CCC(Oc3ncnc4c3ncn4-c3ccc(C#N)cc3F)CC2)n1.CC(C)c1noc(C2CCC(Oc3ncnc4c3ncn4-c3ccc(S(N)(=O)=O)cc3F)CC2)n1. The Balaban J connectivity index is 0.000000170. The van der Waals surface area contributed by atoms with Crippen LogP contribution in [0.15, 0.2) is 75.6 Å². The van der Waals surface area contributed by atoms with Crippen molar-refractivity contribution in [3.8, 4) is 29.2 Å². The Bertz CT molecular complexity index is 3240. The van der Waals surface area contributed by atoms with E-state index < -0.39 is 21.7 Å². The highest BCUT2D eigenvalue weighted by atomic mass is 32.2. The van der Waals surface area contributed by atoms with Gasteiger partial charge in [0.25, 0.3) is 0 Å². The number of hydrogen-bond acceptors (Lipinski definition) is 17. The minimum absolute atomic E-state index is 0.0244. The van der Waals surface area contributed by atoms with Gasteiger partial charge in [-0.3, -0.25) is 9.13 Å². The molecule has 2 aliphatic carbocycles. The molecule has 2 fully saturated rings. The van der Waals surface area contributed by atoms with Crippen molar-refractivity contribution in [2.24, 2.45) is 5.14 Å². The van der Waals surface area contributed by atoms with E-state index in [1.165, 1.54) is 58.7 Å². The second kappa shape index (κ2) is 19.1. The molecule has 2 N–H and O–H groups in total. The van der Waals surface area contributed by atoms with Crippen molar-refractivity contribution in [3.63, 3.8) is 0 Å². The Morgan fingerprint density at radius 2 is 1.13 bits per heavy atom. The van der Waals surface area contributed by atoms with Crippen LogP contribution in [0.2, 0.25) is 0 Å². The van der Waals surface area contributed by atoms with Crippen molar-refractivity contribution in [2.45, 2.75) is 120 Å². The molecular formula is C45H46F2N14O6S. The zero-order chi connectivity index (χ0) is 47.7. The van der Waals surface area contributed by atoms with E-state index in [1.807, 2.05) is 33.8 Å². The summed E-state index contributed by atoms with van der Waals surface area (Å²) in [6.45, 7) is 8.13. The Hall–Kier alpha value is -7.32. The lowest BCUT2D eigenvalue weighted by molar-refractivity contribution is 0.135. The van der Waals surface area contributed by atoms with Gasteiger partial charge in [-0.25, -0.2) is 42.3 Å². The van der Waals surface area contributed by atoms with Crippen LogP contribution in [0.25, 0.3) is 33.7 Å². The minimum Gasteiger partial charge on any atom is -0.473 e. The molecule has 2 saturated carbocycles. The van der Waals surface area contributed by atoms with Crippen LogP contribution in [0, 0.1) is 23.0 Å². The number of nitriles is 1. The van der Waals surface area contributed by atoms with Crippen molar-refractivity contribution >= 4 is 32.4 Å². The summed E-state index contributed by atoms with van der Waals surface area (Å²) in [5, 5.41) is 22.2. The fourth-order valence-corrected chi connectivity index (χ4v) is 8.78. The Morgan fingerprint density at radius 3 is 1.53 bits per heavy atom. The van der Waals surface area contributed by atoms with Gasteiger partial charge in [0.15, 0.2) is 34.0 Å². The van der Waals surface area contributed by atoms with Crippen molar-refractivity contribution in [1.29, 1.82) is 5.26 Å². The van der Waals surface area contributed by atoms with Crippen LogP contribution in [0.1, 0.15) is 132 Å². The van der Waals surface area contributed by atoms with Crippen molar-refractivity contribution in [1.82, 2.24) is 59.3 Å². The molecule has 2 aliphatic rings. The number of imidazole rings is 2. The van der Waals surface area contributed by atoms with E-state index in [9.17, 15) is 17.2 Å². The van der Waals surface area contributed by atoms with Crippen LogP contribution in [-0.2, 0) is 10.0 Å². The van der Waals surface area contributed by atoms with Crippen LogP contribution in [0.4, 0.5) is 8.78 Å². The predicted octanol–water partition coefficient (Wildman–Crippen LogP) is 7.65. The summed E-state index contributed by atoms with van der Waals surface area (Å²) in [7, 11) is -4.02. The van der Waals surface area contributed by atoms with Gasteiger partial charge in [0.1, 0.15) is 49.2 Å². The largest absolute Gasteiger partial charge is 0.473 e. The molecule has 6 heterocycles. The first-order valence-electron chi connectivity index (χ1n) is 22.1. The number of primary sulfonamides is 1. The first kappa shape index (κ1) is 45.8. The van der Waals surface area contributed by atoms with E-state index in [-0.39, 0.29) is 57.7 Å². The van der Waals surface area contributed by atoms with Gasteiger partial charge in [-0.05, 0) is 87.8 Å². The van der Waals surface area contributed by atoms with E-state index in [0.29, 0.717) is 51.7 Å². The molecule has 0 saturated heterocycles. The lowest BCUT2D eigenvalue weighted by Crippen LogP contribution is -2.24. The molecule has 0 radical (unpaired) electrons. The van der Waals surface area contributed by atoms with Crippen molar-refractivity contribution in [2.75, 3.05) is 0 Å². The summed E-state index contributed by atoms with van der Waals surface area (Å²) >= 11 is 0. The molecule has 6 aromatic heterocycles. The summed E-state index contributed by atoms with van der Waals surface area (Å²) in [6, 6.07) is 9.59. The Morgan fingerprint density at radius 1 is 0.676 bits per heavy atom. The Labute approximate surface area is 388 Å². The number of sulfonamides is 1. The van der Waals surface area contributed by atoms with E-state index in [1.54, 1.807) is 6.07 Å². The highest BCUT2D eigenvalue weighted by Crippen LogP contribution is 2.37. The number of aromatic nitrogens is 12. The van der Waals surface area contributed by atoms with Crippen LogP contribution in [0.5, 0.6) is 11.8 Å². The topological polar surface area (TPSA) is 267 Å². The van der Waals surface area contributed by atoms with Gasteiger partial charge in [0.05, 0.1) is 27.9 Å². The number of nitrogens with zero attached hydrogens (tertiary/aromatic N) is 13. The van der Waals surface area contributed by atoms with E-state index in [0.717, 1.165) is 63.3 Å². The summed E-state index contributed by atoms with van der Waals surface area (Å²) < 4.78 is 78.4. The number of halogens is 2. The molecule has 68 heavy (non-hydrogen) atoms. The van der Waals surface area contributed by atoms with Crippen LogP contribution in [0.3, 0.4) is 0 Å². The first-order valence-corrected chi connectivity index (χ1v) is 23.7. The van der Waals surface area contributed by atoms with Gasteiger partial charge >= 0.3 is 0 Å². The second-order valence-electron chi connectivity index (χ2n) is 17.3. The molecule has 0 spiro atoms. The van der Waals surface area contributed by atoms with Crippen LogP contribution in [-0.4, -0.2) is 79.9 Å². The molecule has 352 valence electrons. The van der Waals surface area contributed by atoms with E-state index in [4.69, 9.17) is 28.9 Å². The van der Waals surface area contributed by atoms with Gasteiger partial charge in [0.2, 0.25) is 33.6 Å². The molecule has 0 bridgehead atoms. The molecule has 8 aromatic rings. The molecule has 20 nitrogen and oxygen atoms in total. The van der Waals surface area contributed by atoms with Gasteiger partial charge in [-0.2, -0.15) is 25.2 Å². The summed E-state index contributed by atoms with van der Waals surface area (Å²) in [5.41, 5.74) is 2.18. The molecule has 0 amide bonds. The predicted molar refractivity (Wildman–Crippen MR) is 237 cm³/mol. The lowest BCUT2D eigenvalue weighted by atomic mass is 9.87. The van der Waals surface area contributed by atoms with Crippen LogP contribution >= 0.6 is 0 Å². The molecule has 0 atom stereocenters.